The Morgan fingerprint density at radius 3 is 2.27 bits per heavy atom. The maximum atomic E-state index is 11.8. The molecule has 118 valence electrons. The van der Waals surface area contributed by atoms with E-state index in [1.807, 2.05) is 0 Å². The minimum atomic E-state index is -0.958. The molecule has 1 aromatic rings. The number of nitrogens with one attached hydrogen (secondary N) is 1. The molecule has 0 aliphatic rings. The number of non-ortho nitro benzene ring substituents is 1. The van der Waals surface area contributed by atoms with E-state index in [-0.39, 0.29) is 11.1 Å². The van der Waals surface area contributed by atoms with Crippen LogP contribution < -0.4 is 5.32 Å². The highest BCUT2D eigenvalue weighted by Crippen LogP contribution is 2.18. The van der Waals surface area contributed by atoms with Gasteiger partial charge in [0.15, 0.2) is 6.61 Å². The van der Waals surface area contributed by atoms with Crippen LogP contribution in [0.2, 0.25) is 0 Å². The Morgan fingerprint density at radius 1 is 1.18 bits per heavy atom. The summed E-state index contributed by atoms with van der Waals surface area (Å²) in [5.41, 5.74) is -0.853. The summed E-state index contributed by atoms with van der Waals surface area (Å²) in [5.74, 6) is -2.30. The van der Waals surface area contributed by atoms with Crippen molar-refractivity contribution in [1.82, 2.24) is 5.32 Å². The van der Waals surface area contributed by atoms with Crippen molar-refractivity contribution in [3.63, 3.8) is 0 Å². The molecule has 0 spiro atoms. The Kier molecular flexibility index (Phi) is 5.99. The number of nitrogens with zero attached hydrogens (tertiary/aromatic N) is 1. The van der Waals surface area contributed by atoms with Gasteiger partial charge < -0.3 is 14.8 Å². The van der Waals surface area contributed by atoms with Crippen LogP contribution in [0.4, 0.5) is 5.69 Å². The molecule has 22 heavy (non-hydrogen) atoms. The lowest BCUT2D eigenvalue weighted by molar-refractivity contribution is -0.384. The van der Waals surface area contributed by atoms with Gasteiger partial charge in [-0.1, -0.05) is 0 Å². The van der Waals surface area contributed by atoms with Gasteiger partial charge in [-0.2, -0.15) is 0 Å². The third-order valence-electron chi connectivity index (χ3n) is 2.49. The molecule has 0 aliphatic carbocycles. The minimum Gasteiger partial charge on any atom is -0.465 e. The highest BCUT2D eigenvalue weighted by atomic mass is 16.6. The molecule has 1 amide bonds. The summed E-state index contributed by atoms with van der Waals surface area (Å²) in [6, 6.07) is 3.03. The van der Waals surface area contributed by atoms with Crippen molar-refractivity contribution in [3.05, 3.63) is 39.4 Å². The van der Waals surface area contributed by atoms with Crippen molar-refractivity contribution in [2.45, 2.75) is 6.92 Å². The Bertz CT molecular complexity index is 612. The molecule has 0 unspecified atom stereocenters. The van der Waals surface area contributed by atoms with Crippen LogP contribution >= 0.6 is 0 Å². The van der Waals surface area contributed by atoms with E-state index in [1.165, 1.54) is 0 Å². The van der Waals surface area contributed by atoms with Crippen LogP contribution in [0.15, 0.2) is 18.2 Å². The van der Waals surface area contributed by atoms with Crippen molar-refractivity contribution >= 4 is 23.5 Å². The summed E-state index contributed by atoms with van der Waals surface area (Å²) in [7, 11) is 1.11. The fourth-order valence-corrected chi connectivity index (χ4v) is 1.53. The summed E-state index contributed by atoms with van der Waals surface area (Å²) in [5, 5.41) is 13.2. The van der Waals surface area contributed by atoms with Crippen LogP contribution in [0.5, 0.6) is 0 Å². The molecule has 1 N–H and O–H groups in total. The normalized spacial score (nSPS) is 9.73. The van der Waals surface area contributed by atoms with Crippen LogP contribution in [0.3, 0.4) is 0 Å². The number of rotatable bonds is 6. The van der Waals surface area contributed by atoms with Gasteiger partial charge in [-0.15, -0.1) is 0 Å². The van der Waals surface area contributed by atoms with E-state index in [9.17, 15) is 24.5 Å². The molecule has 0 bridgehead atoms. The van der Waals surface area contributed by atoms with E-state index in [4.69, 9.17) is 4.74 Å². The van der Waals surface area contributed by atoms with Gasteiger partial charge in [-0.25, -0.2) is 9.59 Å². The zero-order valence-electron chi connectivity index (χ0n) is 12.0. The third-order valence-corrected chi connectivity index (χ3v) is 2.49. The molecule has 0 saturated carbocycles. The SMILES string of the molecule is CCNC(=O)COC(=O)c1cc(C(=O)OC)cc([N+](=O)[O-])c1. The number of likely N-dealkylation sites (N-methyl/N-ethyl adjacent to an activating group) is 1. The number of ether oxygens (including phenoxy) is 2. The minimum absolute atomic E-state index is 0.165. The number of hydrogen-bond donors (Lipinski definition) is 1. The van der Waals surface area contributed by atoms with Crippen molar-refractivity contribution in [1.29, 1.82) is 0 Å². The monoisotopic (exact) mass is 310 g/mol. The molecule has 0 heterocycles. The van der Waals surface area contributed by atoms with Crippen molar-refractivity contribution < 1.29 is 28.8 Å². The largest absolute Gasteiger partial charge is 0.465 e. The average molecular weight is 310 g/mol. The molecule has 0 aromatic heterocycles. The molecule has 1 aromatic carbocycles. The number of methoxy groups -OCH3 is 1. The van der Waals surface area contributed by atoms with Gasteiger partial charge in [-0.05, 0) is 13.0 Å². The fraction of sp³-hybridized carbons (Fsp3) is 0.308. The molecule has 0 radical (unpaired) electrons. The Morgan fingerprint density at radius 2 is 1.77 bits per heavy atom. The van der Waals surface area contributed by atoms with Gasteiger partial charge in [-0.3, -0.25) is 14.9 Å². The zero-order chi connectivity index (χ0) is 16.7. The highest BCUT2D eigenvalue weighted by Gasteiger charge is 2.19. The Labute approximate surface area is 125 Å². The second kappa shape index (κ2) is 7.72. The van der Waals surface area contributed by atoms with Gasteiger partial charge in [0, 0.05) is 18.7 Å². The molecule has 9 nitrogen and oxygen atoms in total. The van der Waals surface area contributed by atoms with Crippen molar-refractivity contribution in [2.75, 3.05) is 20.3 Å². The molecule has 0 fully saturated rings. The zero-order valence-corrected chi connectivity index (χ0v) is 12.0. The van der Waals surface area contributed by atoms with Gasteiger partial charge >= 0.3 is 11.9 Å². The first-order valence-corrected chi connectivity index (χ1v) is 6.20. The lowest BCUT2D eigenvalue weighted by atomic mass is 10.1. The number of nitro benzene ring substituents is 1. The number of nitro groups is 1. The van der Waals surface area contributed by atoms with E-state index in [2.05, 4.69) is 10.1 Å². The first-order chi connectivity index (χ1) is 10.4. The summed E-state index contributed by atoms with van der Waals surface area (Å²) < 4.78 is 9.18. The predicted molar refractivity (Wildman–Crippen MR) is 73.4 cm³/mol. The smallest absolute Gasteiger partial charge is 0.338 e. The van der Waals surface area contributed by atoms with Crippen LogP contribution in [-0.2, 0) is 14.3 Å². The Balaban J connectivity index is 2.99. The summed E-state index contributed by atoms with van der Waals surface area (Å²) in [6.45, 7) is 1.55. The maximum Gasteiger partial charge on any atom is 0.338 e. The fourth-order valence-electron chi connectivity index (χ4n) is 1.53. The topological polar surface area (TPSA) is 125 Å². The predicted octanol–water partition coefficient (Wildman–Crippen LogP) is 0.674. The van der Waals surface area contributed by atoms with Gasteiger partial charge in [0.05, 0.1) is 23.2 Å². The Hall–Kier alpha value is -2.97. The first kappa shape index (κ1) is 17.1. The van der Waals surface area contributed by atoms with Gasteiger partial charge in [0.2, 0.25) is 0 Å². The number of benzene rings is 1. The number of hydrogen-bond acceptors (Lipinski definition) is 7. The molecule has 9 heteroatoms. The molecular formula is C13H14N2O7. The second-order valence-corrected chi connectivity index (χ2v) is 4.05. The molecule has 1 rings (SSSR count). The molecular weight excluding hydrogens is 296 g/mol. The second-order valence-electron chi connectivity index (χ2n) is 4.05. The average Bonchev–Trinajstić information content (AvgIpc) is 2.51. The first-order valence-electron chi connectivity index (χ1n) is 6.20. The van der Waals surface area contributed by atoms with E-state index < -0.39 is 35.1 Å². The summed E-state index contributed by atoms with van der Waals surface area (Å²) in [4.78, 5) is 44.5. The number of esters is 2. The van der Waals surface area contributed by atoms with Gasteiger partial charge in [0.25, 0.3) is 11.6 Å². The number of carbonyl (C=O) groups excluding carboxylic acids is 3. The molecule has 0 atom stereocenters. The summed E-state index contributed by atoms with van der Waals surface area (Å²) in [6.07, 6.45) is 0. The third kappa shape index (κ3) is 4.54. The lowest BCUT2D eigenvalue weighted by Crippen LogP contribution is -2.28. The van der Waals surface area contributed by atoms with E-state index in [0.29, 0.717) is 6.54 Å². The standard InChI is InChI=1S/C13H14N2O7/c1-3-14-11(16)7-22-13(18)9-4-8(12(17)21-2)5-10(6-9)15(19)20/h4-6H,3,7H2,1-2H3,(H,14,16). The van der Waals surface area contributed by atoms with Crippen LogP contribution in [0.25, 0.3) is 0 Å². The molecule has 0 aliphatic heterocycles. The highest BCUT2D eigenvalue weighted by molar-refractivity contribution is 5.97. The summed E-state index contributed by atoms with van der Waals surface area (Å²) >= 11 is 0. The van der Waals surface area contributed by atoms with E-state index in [1.54, 1.807) is 6.92 Å². The lowest BCUT2D eigenvalue weighted by Gasteiger charge is -2.06. The van der Waals surface area contributed by atoms with Crippen LogP contribution in [-0.4, -0.2) is 43.0 Å². The van der Waals surface area contributed by atoms with Crippen LogP contribution in [0, 0.1) is 10.1 Å². The maximum absolute atomic E-state index is 11.8. The van der Waals surface area contributed by atoms with Crippen molar-refractivity contribution in [3.8, 4) is 0 Å². The van der Waals surface area contributed by atoms with Crippen LogP contribution in [0.1, 0.15) is 27.6 Å². The molecule has 0 saturated heterocycles. The van der Waals surface area contributed by atoms with E-state index in [0.717, 1.165) is 25.3 Å². The quantitative estimate of drug-likeness (QED) is 0.465. The van der Waals surface area contributed by atoms with Crippen molar-refractivity contribution in [2.24, 2.45) is 0 Å². The number of amides is 1. The van der Waals surface area contributed by atoms with E-state index >= 15 is 0 Å². The number of carbonyl (C=O) groups is 3. The van der Waals surface area contributed by atoms with Gasteiger partial charge in [0.1, 0.15) is 0 Å².